The summed E-state index contributed by atoms with van der Waals surface area (Å²) >= 11 is 1.11. The molecule has 2 heterocycles. The number of rotatable bonds is 7. The Kier molecular flexibility index (Phi) is 6.66. The number of esters is 1. The van der Waals surface area contributed by atoms with Crippen LogP contribution < -0.4 is 9.91 Å². The topological polar surface area (TPSA) is 75.1 Å². The van der Waals surface area contributed by atoms with Crippen molar-refractivity contribution in [1.29, 1.82) is 0 Å². The van der Waals surface area contributed by atoms with Crippen LogP contribution in [0, 0.1) is 6.92 Å². The standard InChI is InChI=1S/C22H26N4O3S/c1-6-25(7-2)17-11-9-16(10-12-17)13-18-14(4)24-26(20(18)27)22-23-15(5)19(30-22)21(28)29-8-3/h9-13H,6-8H2,1-5H3. The van der Waals surface area contributed by atoms with Crippen molar-refractivity contribution < 1.29 is 14.3 Å². The second-order valence-corrected chi connectivity index (χ2v) is 7.73. The van der Waals surface area contributed by atoms with Crippen LogP contribution in [0.1, 0.15) is 48.6 Å². The first kappa shape index (κ1) is 21.7. The van der Waals surface area contributed by atoms with Crippen LogP contribution in [0.3, 0.4) is 0 Å². The van der Waals surface area contributed by atoms with Gasteiger partial charge in [0.05, 0.1) is 23.6 Å². The summed E-state index contributed by atoms with van der Waals surface area (Å²) in [6.07, 6.45) is 1.83. The molecule has 0 radical (unpaired) electrons. The number of nitrogens with zero attached hydrogens (tertiary/aromatic N) is 4. The lowest BCUT2D eigenvalue weighted by atomic mass is 10.1. The number of thiazole rings is 1. The minimum absolute atomic E-state index is 0.260. The highest BCUT2D eigenvalue weighted by molar-refractivity contribution is 7.17. The SMILES string of the molecule is CCOC(=O)c1sc(N2N=C(C)C(=Cc3ccc(N(CC)CC)cc3)C2=O)nc1C. The first-order valence-electron chi connectivity index (χ1n) is 10.0. The monoisotopic (exact) mass is 426 g/mol. The Balaban J connectivity index is 1.84. The Morgan fingerprint density at radius 2 is 1.83 bits per heavy atom. The molecule has 1 aliphatic rings. The highest BCUT2D eigenvalue weighted by atomic mass is 32.1. The van der Waals surface area contributed by atoms with Crippen molar-refractivity contribution in [2.75, 3.05) is 29.6 Å². The number of carbonyl (C=O) groups excluding carboxylic acids is 2. The normalized spacial score (nSPS) is 15.0. The van der Waals surface area contributed by atoms with Crippen molar-refractivity contribution in [3.8, 4) is 0 Å². The number of benzene rings is 1. The molecule has 3 rings (SSSR count). The summed E-state index contributed by atoms with van der Waals surface area (Å²) in [6.45, 7) is 11.7. The lowest BCUT2D eigenvalue weighted by Gasteiger charge is -2.20. The van der Waals surface area contributed by atoms with E-state index < -0.39 is 5.97 Å². The number of aromatic nitrogens is 1. The fraction of sp³-hybridized carbons (Fsp3) is 0.364. The number of aryl methyl sites for hydroxylation is 1. The molecule has 0 spiro atoms. The van der Waals surface area contributed by atoms with Crippen LogP contribution in [0.15, 0.2) is 34.9 Å². The van der Waals surface area contributed by atoms with Crippen molar-refractivity contribution in [1.82, 2.24) is 4.98 Å². The zero-order chi connectivity index (χ0) is 21.8. The number of hydrazone groups is 1. The average molecular weight is 427 g/mol. The van der Waals surface area contributed by atoms with E-state index >= 15 is 0 Å². The Hall–Kier alpha value is -3.00. The van der Waals surface area contributed by atoms with Crippen LogP contribution in [-0.4, -0.2) is 42.3 Å². The fourth-order valence-electron chi connectivity index (χ4n) is 3.21. The Morgan fingerprint density at radius 3 is 2.43 bits per heavy atom. The van der Waals surface area contributed by atoms with Crippen LogP contribution in [0.25, 0.3) is 6.08 Å². The van der Waals surface area contributed by atoms with Gasteiger partial charge in [-0.3, -0.25) is 4.79 Å². The molecule has 0 aliphatic carbocycles. The highest BCUT2D eigenvalue weighted by Crippen LogP contribution is 2.31. The molecule has 30 heavy (non-hydrogen) atoms. The van der Waals surface area contributed by atoms with Gasteiger partial charge in [0.15, 0.2) is 0 Å². The second kappa shape index (κ2) is 9.21. The summed E-state index contributed by atoms with van der Waals surface area (Å²) in [6, 6.07) is 8.10. The van der Waals surface area contributed by atoms with E-state index in [1.807, 2.05) is 18.2 Å². The third kappa shape index (κ3) is 4.28. The molecule has 1 aliphatic heterocycles. The maximum atomic E-state index is 13.0. The summed E-state index contributed by atoms with van der Waals surface area (Å²) in [5, 5.41) is 5.99. The molecule has 0 saturated carbocycles. The summed E-state index contributed by atoms with van der Waals surface area (Å²) < 4.78 is 5.05. The van der Waals surface area contributed by atoms with Gasteiger partial charge in [-0.2, -0.15) is 10.1 Å². The van der Waals surface area contributed by atoms with Gasteiger partial charge < -0.3 is 9.64 Å². The molecule has 158 valence electrons. The van der Waals surface area contributed by atoms with E-state index in [4.69, 9.17) is 4.74 Å². The van der Waals surface area contributed by atoms with Crippen molar-refractivity contribution in [2.24, 2.45) is 5.10 Å². The third-order valence-corrected chi connectivity index (χ3v) is 5.94. The molecule has 8 heteroatoms. The maximum Gasteiger partial charge on any atom is 0.350 e. The van der Waals surface area contributed by atoms with Crippen LogP contribution >= 0.6 is 11.3 Å². The number of hydrogen-bond donors (Lipinski definition) is 0. The van der Waals surface area contributed by atoms with Gasteiger partial charge in [-0.05, 0) is 58.4 Å². The summed E-state index contributed by atoms with van der Waals surface area (Å²) in [7, 11) is 0. The molecular formula is C22H26N4O3S. The van der Waals surface area contributed by atoms with Gasteiger partial charge in [-0.25, -0.2) is 9.78 Å². The van der Waals surface area contributed by atoms with E-state index in [1.54, 1.807) is 20.8 Å². The van der Waals surface area contributed by atoms with Gasteiger partial charge in [0.25, 0.3) is 5.91 Å². The van der Waals surface area contributed by atoms with Gasteiger partial charge in [-0.1, -0.05) is 23.5 Å². The van der Waals surface area contributed by atoms with E-state index in [2.05, 4.69) is 41.0 Å². The predicted molar refractivity (Wildman–Crippen MR) is 121 cm³/mol. The van der Waals surface area contributed by atoms with Crippen molar-refractivity contribution in [3.05, 3.63) is 46.0 Å². The highest BCUT2D eigenvalue weighted by Gasteiger charge is 2.32. The van der Waals surface area contributed by atoms with Crippen molar-refractivity contribution in [3.63, 3.8) is 0 Å². The first-order chi connectivity index (χ1) is 14.4. The molecule has 1 amide bonds. The summed E-state index contributed by atoms with van der Waals surface area (Å²) in [4.78, 5) is 32.1. The van der Waals surface area contributed by atoms with Gasteiger partial charge in [0.2, 0.25) is 5.13 Å². The number of carbonyl (C=O) groups is 2. The quantitative estimate of drug-likeness (QED) is 0.488. The fourth-order valence-corrected chi connectivity index (χ4v) is 4.12. The van der Waals surface area contributed by atoms with Crippen LogP contribution in [0.4, 0.5) is 10.8 Å². The minimum Gasteiger partial charge on any atom is -0.462 e. The third-order valence-electron chi connectivity index (χ3n) is 4.82. The first-order valence-corrected chi connectivity index (χ1v) is 10.8. The molecule has 7 nitrogen and oxygen atoms in total. The lowest BCUT2D eigenvalue weighted by molar-refractivity contribution is -0.114. The van der Waals surface area contributed by atoms with E-state index in [0.29, 0.717) is 27.0 Å². The predicted octanol–water partition coefficient (Wildman–Crippen LogP) is 4.28. The summed E-state index contributed by atoms with van der Waals surface area (Å²) in [5.41, 5.74) is 3.72. The molecule has 0 fully saturated rings. The smallest absolute Gasteiger partial charge is 0.350 e. The number of anilines is 2. The van der Waals surface area contributed by atoms with E-state index in [1.165, 1.54) is 5.01 Å². The maximum absolute atomic E-state index is 13.0. The van der Waals surface area contributed by atoms with Crippen LogP contribution in [0.2, 0.25) is 0 Å². The number of hydrogen-bond acceptors (Lipinski definition) is 7. The van der Waals surface area contributed by atoms with Crippen molar-refractivity contribution in [2.45, 2.75) is 34.6 Å². The van der Waals surface area contributed by atoms with Gasteiger partial charge in [0, 0.05) is 18.8 Å². The zero-order valence-corrected chi connectivity index (χ0v) is 18.7. The molecule has 0 N–H and O–H groups in total. The molecule has 0 saturated heterocycles. The molecular weight excluding hydrogens is 400 g/mol. The van der Waals surface area contributed by atoms with Crippen LogP contribution in [-0.2, 0) is 9.53 Å². The van der Waals surface area contributed by atoms with E-state index in [9.17, 15) is 9.59 Å². The van der Waals surface area contributed by atoms with E-state index in [-0.39, 0.29) is 12.5 Å². The molecule has 0 unspecified atom stereocenters. The molecule has 2 aromatic rings. The zero-order valence-electron chi connectivity index (χ0n) is 17.9. The van der Waals surface area contributed by atoms with Crippen LogP contribution in [0.5, 0.6) is 0 Å². The molecule has 1 aromatic heterocycles. The summed E-state index contributed by atoms with van der Waals surface area (Å²) in [5.74, 6) is -0.695. The Morgan fingerprint density at radius 1 is 1.17 bits per heavy atom. The molecule has 0 bridgehead atoms. The molecule has 0 atom stereocenters. The second-order valence-electron chi connectivity index (χ2n) is 6.76. The number of ether oxygens (including phenoxy) is 1. The van der Waals surface area contributed by atoms with Gasteiger partial charge in [-0.15, -0.1) is 0 Å². The molecule has 1 aromatic carbocycles. The van der Waals surface area contributed by atoms with Gasteiger partial charge >= 0.3 is 5.97 Å². The van der Waals surface area contributed by atoms with Gasteiger partial charge in [0.1, 0.15) is 4.88 Å². The Labute approximate surface area is 180 Å². The Bertz CT molecular complexity index is 1000. The lowest BCUT2D eigenvalue weighted by Crippen LogP contribution is -2.21. The average Bonchev–Trinajstić information content (AvgIpc) is 3.25. The van der Waals surface area contributed by atoms with E-state index in [0.717, 1.165) is 35.7 Å². The largest absolute Gasteiger partial charge is 0.462 e. The number of amides is 1. The minimum atomic E-state index is -0.435. The van der Waals surface area contributed by atoms with Crippen molar-refractivity contribution >= 4 is 45.8 Å².